The summed E-state index contributed by atoms with van der Waals surface area (Å²) in [5.41, 5.74) is -0.517. The number of hydrogen-bond acceptors (Lipinski definition) is 6. The lowest BCUT2D eigenvalue weighted by molar-refractivity contribution is -0.147. The van der Waals surface area contributed by atoms with Crippen molar-refractivity contribution in [2.45, 2.75) is 115 Å². The highest BCUT2D eigenvalue weighted by Gasteiger charge is 2.55. The monoisotopic (exact) mass is 398 g/mol. The van der Waals surface area contributed by atoms with Gasteiger partial charge in [-0.2, -0.15) is 0 Å². The second-order valence-corrected chi connectivity index (χ2v) is 8.16. The van der Waals surface area contributed by atoms with E-state index in [2.05, 4.69) is 27.7 Å². The number of carbonyl (C=O) groups is 2. The molecular weight excluding hydrogens is 360 g/mol. The van der Waals surface area contributed by atoms with E-state index in [9.17, 15) is 9.59 Å². The first-order valence-corrected chi connectivity index (χ1v) is 11.1. The lowest BCUT2D eigenvalue weighted by Gasteiger charge is -2.12. The summed E-state index contributed by atoms with van der Waals surface area (Å²) in [7, 11) is 0. The van der Waals surface area contributed by atoms with E-state index in [0.29, 0.717) is 38.9 Å². The first-order chi connectivity index (χ1) is 13.4. The van der Waals surface area contributed by atoms with Crippen molar-refractivity contribution < 1.29 is 28.5 Å². The van der Waals surface area contributed by atoms with E-state index >= 15 is 0 Å². The molecule has 6 nitrogen and oxygen atoms in total. The molecule has 2 heterocycles. The minimum Gasteiger partial charge on any atom is -0.462 e. The van der Waals surface area contributed by atoms with Crippen molar-refractivity contribution in [3.63, 3.8) is 0 Å². The van der Waals surface area contributed by atoms with E-state index in [0.717, 1.165) is 38.5 Å². The smallest absolute Gasteiger partial charge is 0.305 e. The molecule has 0 spiro atoms. The molecule has 0 aromatic carbocycles. The van der Waals surface area contributed by atoms with Gasteiger partial charge in [0.15, 0.2) is 0 Å². The van der Waals surface area contributed by atoms with Gasteiger partial charge in [-0.15, -0.1) is 0 Å². The molecule has 0 amide bonds. The predicted octanol–water partition coefficient (Wildman–Crippen LogP) is 4.33. The third-order valence-electron chi connectivity index (χ3n) is 6.08. The number of esters is 2. The van der Waals surface area contributed by atoms with Crippen LogP contribution in [0.4, 0.5) is 0 Å². The maximum absolute atomic E-state index is 11.9. The summed E-state index contributed by atoms with van der Waals surface area (Å²) >= 11 is 0. The van der Waals surface area contributed by atoms with Gasteiger partial charge in [-0.25, -0.2) is 0 Å². The Hall–Kier alpha value is -1.14. The van der Waals surface area contributed by atoms with Crippen molar-refractivity contribution in [1.82, 2.24) is 0 Å². The molecule has 2 saturated heterocycles. The van der Waals surface area contributed by atoms with Crippen LogP contribution in [0.15, 0.2) is 0 Å². The van der Waals surface area contributed by atoms with Crippen LogP contribution in [-0.2, 0) is 28.5 Å². The van der Waals surface area contributed by atoms with E-state index in [-0.39, 0.29) is 35.3 Å². The molecule has 4 atom stereocenters. The molecule has 0 N–H and O–H groups in total. The van der Waals surface area contributed by atoms with Crippen molar-refractivity contribution in [2.24, 2.45) is 0 Å². The molecule has 6 heteroatoms. The van der Waals surface area contributed by atoms with Gasteiger partial charge in [0.25, 0.3) is 0 Å². The fraction of sp³-hybridized carbons (Fsp3) is 0.909. The summed E-state index contributed by atoms with van der Waals surface area (Å²) in [4.78, 5) is 23.9. The fourth-order valence-electron chi connectivity index (χ4n) is 3.84. The molecule has 0 aromatic heterocycles. The molecule has 28 heavy (non-hydrogen) atoms. The SMILES string of the molecule is CCCC1OC1(CC)COC(=O)CCCCC(=O)OCC1(CC)OC1CCC. The second kappa shape index (κ2) is 10.6. The Balaban J connectivity index is 1.52. The second-order valence-electron chi connectivity index (χ2n) is 8.16. The molecule has 0 aromatic rings. The highest BCUT2D eigenvalue weighted by atomic mass is 16.6. The average molecular weight is 399 g/mol. The molecule has 2 aliphatic rings. The van der Waals surface area contributed by atoms with Gasteiger partial charge >= 0.3 is 11.9 Å². The van der Waals surface area contributed by atoms with Gasteiger partial charge in [0.1, 0.15) is 24.4 Å². The number of ether oxygens (including phenoxy) is 4. The number of unbranched alkanes of at least 4 members (excludes halogenated alkanes) is 1. The highest BCUT2D eigenvalue weighted by molar-refractivity contribution is 5.70. The molecule has 0 bridgehead atoms. The zero-order valence-corrected chi connectivity index (χ0v) is 18.1. The molecule has 2 aliphatic heterocycles. The summed E-state index contributed by atoms with van der Waals surface area (Å²) in [5.74, 6) is -0.434. The van der Waals surface area contributed by atoms with Gasteiger partial charge in [-0.1, -0.05) is 40.5 Å². The largest absolute Gasteiger partial charge is 0.462 e. The first-order valence-electron chi connectivity index (χ1n) is 11.1. The Bertz CT molecular complexity index is 475. The summed E-state index contributed by atoms with van der Waals surface area (Å²) in [6.45, 7) is 9.06. The zero-order chi connectivity index (χ0) is 20.6. The van der Waals surface area contributed by atoms with Crippen molar-refractivity contribution in [3.05, 3.63) is 0 Å². The van der Waals surface area contributed by atoms with Crippen LogP contribution in [0.2, 0.25) is 0 Å². The number of hydrogen-bond donors (Lipinski definition) is 0. The normalized spacial score (nSPS) is 30.7. The van der Waals surface area contributed by atoms with E-state index < -0.39 is 0 Å². The Morgan fingerprint density at radius 1 is 0.750 bits per heavy atom. The van der Waals surface area contributed by atoms with Crippen LogP contribution in [0, 0.1) is 0 Å². The summed E-state index contributed by atoms with van der Waals surface area (Å²) in [6, 6.07) is 0. The maximum Gasteiger partial charge on any atom is 0.305 e. The van der Waals surface area contributed by atoms with Crippen molar-refractivity contribution >= 4 is 11.9 Å². The standard InChI is InChI=1S/C22H38O6/c1-5-11-17-21(7-3,27-17)15-25-19(23)13-9-10-14-20(24)26-16-22(8-4)18(28-22)12-6-2/h17-18H,5-16H2,1-4H3. The molecule has 4 unspecified atom stereocenters. The Labute approximate surface area is 169 Å². The maximum atomic E-state index is 11.9. The van der Waals surface area contributed by atoms with Gasteiger partial charge in [0.2, 0.25) is 0 Å². The minimum atomic E-state index is -0.259. The van der Waals surface area contributed by atoms with E-state index in [4.69, 9.17) is 18.9 Å². The molecule has 162 valence electrons. The van der Waals surface area contributed by atoms with Crippen molar-refractivity contribution in [2.75, 3.05) is 13.2 Å². The van der Waals surface area contributed by atoms with Crippen LogP contribution in [-0.4, -0.2) is 48.6 Å². The van der Waals surface area contributed by atoms with Crippen LogP contribution >= 0.6 is 0 Å². The van der Waals surface area contributed by atoms with Gasteiger partial charge in [0.05, 0.1) is 12.2 Å². The van der Waals surface area contributed by atoms with Crippen LogP contribution in [0.5, 0.6) is 0 Å². The number of epoxide rings is 2. The third kappa shape index (κ3) is 6.18. The molecule has 0 radical (unpaired) electrons. The van der Waals surface area contributed by atoms with Crippen LogP contribution in [0.25, 0.3) is 0 Å². The summed E-state index contributed by atoms with van der Waals surface area (Å²) in [6.07, 6.45) is 8.24. The molecule has 2 fully saturated rings. The van der Waals surface area contributed by atoms with E-state index in [1.54, 1.807) is 0 Å². The predicted molar refractivity (Wildman–Crippen MR) is 106 cm³/mol. The highest BCUT2D eigenvalue weighted by Crippen LogP contribution is 2.43. The molecular formula is C22H38O6. The van der Waals surface area contributed by atoms with Gasteiger partial charge in [-0.05, 0) is 38.5 Å². The van der Waals surface area contributed by atoms with Gasteiger partial charge < -0.3 is 18.9 Å². The first kappa shape index (κ1) is 23.1. The topological polar surface area (TPSA) is 77.7 Å². The Morgan fingerprint density at radius 2 is 1.14 bits per heavy atom. The molecule has 0 saturated carbocycles. The summed E-state index contributed by atoms with van der Waals surface area (Å²) in [5, 5.41) is 0. The van der Waals surface area contributed by atoms with Crippen LogP contribution < -0.4 is 0 Å². The summed E-state index contributed by atoms with van der Waals surface area (Å²) < 4.78 is 22.3. The van der Waals surface area contributed by atoms with Crippen LogP contribution in [0.3, 0.4) is 0 Å². The lowest BCUT2D eigenvalue weighted by atomic mass is 10.0. The Kier molecular flexibility index (Phi) is 8.75. The minimum absolute atomic E-state index is 0.217. The quantitative estimate of drug-likeness (QED) is 0.232. The van der Waals surface area contributed by atoms with Crippen molar-refractivity contribution in [3.8, 4) is 0 Å². The fourth-order valence-corrected chi connectivity index (χ4v) is 3.84. The van der Waals surface area contributed by atoms with E-state index in [1.165, 1.54) is 0 Å². The zero-order valence-electron chi connectivity index (χ0n) is 18.1. The van der Waals surface area contributed by atoms with Crippen LogP contribution in [0.1, 0.15) is 91.9 Å². The molecule has 2 rings (SSSR count). The van der Waals surface area contributed by atoms with Crippen molar-refractivity contribution in [1.29, 1.82) is 0 Å². The number of carbonyl (C=O) groups excluding carboxylic acids is 2. The van der Waals surface area contributed by atoms with E-state index in [1.807, 2.05) is 0 Å². The van der Waals surface area contributed by atoms with Gasteiger partial charge in [0, 0.05) is 12.8 Å². The third-order valence-corrected chi connectivity index (χ3v) is 6.08. The number of rotatable bonds is 15. The Morgan fingerprint density at radius 3 is 1.46 bits per heavy atom. The lowest BCUT2D eigenvalue weighted by Crippen LogP contribution is -2.24. The van der Waals surface area contributed by atoms with Gasteiger partial charge in [-0.3, -0.25) is 9.59 Å². The molecule has 0 aliphatic carbocycles. The average Bonchev–Trinajstić information content (AvgIpc) is 3.58.